The molecule has 1 N–H and O–H groups in total. The number of carbonyl (C=O) groups is 1. The first-order valence-electron chi connectivity index (χ1n) is 8.08. The van der Waals surface area contributed by atoms with Gasteiger partial charge in [0.2, 0.25) is 5.91 Å². The lowest BCUT2D eigenvalue weighted by Crippen LogP contribution is -2.40. The van der Waals surface area contributed by atoms with Crippen LogP contribution >= 0.6 is 0 Å². The molecule has 1 aliphatic rings. The molecule has 1 rings (SSSR count). The highest BCUT2D eigenvalue weighted by Gasteiger charge is 2.20. The van der Waals surface area contributed by atoms with Gasteiger partial charge in [-0.05, 0) is 37.6 Å². The van der Waals surface area contributed by atoms with E-state index in [1.54, 1.807) is 0 Å². The molecule has 1 heterocycles. The Bertz CT molecular complexity index is 274. The van der Waals surface area contributed by atoms with Gasteiger partial charge in [0.25, 0.3) is 0 Å². The van der Waals surface area contributed by atoms with Gasteiger partial charge in [-0.15, -0.1) is 0 Å². The Morgan fingerprint density at radius 2 is 1.95 bits per heavy atom. The smallest absolute Gasteiger partial charge is 0.248 e. The zero-order valence-electron chi connectivity index (χ0n) is 13.7. The lowest BCUT2D eigenvalue weighted by atomic mass is 9.99. The number of hydrogen-bond donors (Lipinski definition) is 1. The largest absolute Gasteiger partial charge is 0.371 e. The fraction of sp³-hybridized carbons (Fsp3) is 0.938. The quantitative estimate of drug-likeness (QED) is 0.743. The van der Waals surface area contributed by atoms with Crippen molar-refractivity contribution >= 4 is 5.91 Å². The standard InChI is InChI=1S/C16H32N2O2/c1-13(2)17-8-5-15(4)11-20-12-16(19)18-9-6-14(3)7-10-18/h13-15,17H,5-12H2,1-4H3. The van der Waals surface area contributed by atoms with Gasteiger partial charge < -0.3 is 15.0 Å². The van der Waals surface area contributed by atoms with Crippen LogP contribution in [0.4, 0.5) is 0 Å². The maximum atomic E-state index is 12.0. The van der Waals surface area contributed by atoms with E-state index in [-0.39, 0.29) is 12.5 Å². The van der Waals surface area contributed by atoms with Crippen LogP contribution in [0.3, 0.4) is 0 Å². The molecule has 20 heavy (non-hydrogen) atoms. The van der Waals surface area contributed by atoms with E-state index in [4.69, 9.17) is 4.74 Å². The molecule has 0 saturated carbocycles. The number of nitrogens with zero attached hydrogens (tertiary/aromatic N) is 1. The maximum absolute atomic E-state index is 12.0. The van der Waals surface area contributed by atoms with E-state index < -0.39 is 0 Å². The molecule has 0 aromatic carbocycles. The number of likely N-dealkylation sites (tertiary alicyclic amines) is 1. The van der Waals surface area contributed by atoms with E-state index in [0.717, 1.165) is 44.8 Å². The van der Waals surface area contributed by atoms with E-state index in [0.29, 0.717) is 18.6 Å². The maximum Gasteiger partial charge on any atom is 0.248 e. The van der Waals surface area contributed by atoms with Crippen molar-refractivity contribution in [1.82, 2.24) is 10.2 Å². The third-order valence-electron chi connectivity index (χ3n) is 3.95. The van der Waals surface area contributed by atoms with Crippen LogP contribution in [0.15, 0.2) is 0 Å². The summed E-state index contributed by atoms with van der Waals surface area (Å²) in [5.74, 6) is 1.41. The number of nitrogens with one attached hydrogen (secondary N) is 1. The van der Waals surface area contributed by atoms with Gasteiger partial charge in [0.15, 0.2) is 0 Å². The van der Waals surface area contributed by atoms with E-state index >= 15 is 0 Å². The normalized spacial score (nSPS) is 18.6. The lowest BCUT2D eigenvalue weighted by Gasteiger charge is -2.30. The van der Waals surface area contributed by atoms with Crippen molar-refractivity contribution < 1.29 is 9.53 Å². The van der Waals surface area contributed by atoms with Crippen LogP contribution in [-0.4, -0.2) is 49.7 Å². The molecular formula is C16H32N2O2. The van der Waals surface area contributed by atoms with Gasteiger partial charge >= 0.3 is 0 Å². The minimum atomic E-state index is 0.157. The Labute approximate surface area is 124 Å². The van der Waals surface area contributed by atoms with Gasteiger partial charge in [-0.25, -0.2) is 0 Å². The molecule has 0 radical (unpaired) electrons. The summed E-state index contributed by atoms with van der Waals surface area (Å²) in [4.78, 5) is 13.9. The van der Waals surface area contributed by atoms with Gasteiger partial charge in [0.1, 0.15) is 6.61 Å². The second-order valence-corrected chi connectivity index (χ2v) is 6.58. The molecule has 0 aromatic rings. The lowest BCUT2D eigenvalue weighted by molar-refractivity contribution is -0.137. The van der Waals surface area contributed by atoms with Crippen molar-refractivity contribution in [3.8, 4) is 0 Å². The number of carbonyl (C=O) groups excluding carboxylic acids is 1. The molecule has 1 atom stereocenters. The number of amides is 1. The summed E-state index contributed by atoms with van der Waals surface area (Å²) in [5, 5.41) is 3.40. The summed E-state index contributed by atoms with van der Waals surface area (Å²) in [6.07, 6.45) is 3.35. The Hall–Kier alpha value is -0.610. The van der Waals surface area contributed by atoms with Crippen LogP contribution in [0.1, 0.15) is 47.0 Å². The number of piperidine rings is 1. The first-order chi connectivity index (χ1) is 9.49. The topological polar surface area (TPSA) is 41.6 Å². The first-order valence-corrected chi connectivity index (χ1v) is 8.08. The highest BCUT2D eigenvalue weighted by Crippen LogP contribution is 2.16. The second kappa shape index (κ2) is 9.35. The minimum Gasteiger partial charge on any atom is -0.371 e. The molecule has 1 saturated heterocycles. The van der Waals surface area contributed by atoms with Gasteiger partial charge in [0, 0.05) is 25.7 Å². The molecule has 1 fully saturated rings. The van der Waals surface area contributed by atoms with Crippen molar-refractivity contribution in [1.29, 1.82) is 0 Å². The Balaban J connectivity index is 2.06. The van der Waals surface area contributed by atoms with Gasteiger partial charge in [-0.3, -0.25) is 4.79 Å². The van der Waals surface area contributed by atoms with Crippen LogP contribution in [-0.2, 0) is 9.53 Å². The average molecular weight is 284 g/mol. The highest BCUT2D eigenvalue weighted by molar-refractivity contribution is 5.77. The summed E-state index contributed by atoms with van der Waals surface area (Å²) in [7, 11) is 0. The van der Waals surface area contributed by atoms with Crippen molar-refractivity contribution in [2.75, 3.05) is 32.8 Å². The third-order valence-corrected chi connectivity index (χ3v) is 3.95. The predicted molar refractivity (Wildman–Crippen MR) is 82.7 cm³/mol. The fourth-order valence-corrected chi connectivity index (χ4v) is 2.40. The molecule has 0 aromatic heterocycles. The molecule has 0 bridgehead atoms. The van der Waals surface area contributed by atoms with Crippen LogP contribution in [0.5, 0.6) is 0 Å². The van der Waals surface area contributed by atoms with Crippen molar-refractivity contribution in [2.24, 2.45) is 11.8 Å². The van der Waals surface area contributed by atoms with E-state index in [1.165, 1.54) is 0 Å². The van der Waals surface area contributed by atoms with Crippen molar-refractivity contribution in [3.05, 3.63) is 0 Å². The summed E-state index contributed by atoms with van der Waals surface area (Å²) < 4.78 is 5.58. The zero-order chi connectivity index (χ0) is 15.0. The van der Waals surface area contributed by atoms with Crippen molar-refractivity contribution in [3.63, 3.8) is 0 Å². The number of ether oxygens (including phenoxy) is 1. The summed E-state index contributed by atoms with van der Waals surface area (Å²) in [5.41, 5.74) is 0. The molecule has 0 aliphatic carbocycles. The summed E-state index contributed by atoms with van der Waals surface area (Å²) >= 11 is 0. The highest BCUT2D eigenvalue weighted by atomic mass is 16.5. The van der Waals surface area contributed by atoms with Crippen LogP contribution in [0, 0.1) is 11.8 Å². The van der Waals surface area contributed by atoms with E-state index in [2.05, 4.69) is 33.0 Å². The molecule has 0 spiro atoms. The second-order valence-electron chi connectivity index (χ2n) is 6.58. The Morgan fingerprint density at radius 3 is 2.55 bits per heavy atom. The molecular weight excluding hydrogens is 252 g/mol. The number of hydrogen-bond acceptors (Lipinski definition) is 3. The zero-order valence-corrected chi connectivity index (χ0v) is 13.7. The SMILES string of the molecule is CC1CCN(C(=O)COCC(C)CCNC(C)C)CC1. The van der Waals surface area contributed by atoms with Gasteiger partial charge in [-0.1, -0.05) is 27.7 Å². The first kappa shape index (κ1) is 17.4. The average Bonchev–Trinajstić information content (AvgIpc) is 2.39. The summed E-state index contributed by atoms with van der Waals surface area (Å²) in [6, 6.07) is 0.534. The summed E-state index contributed by atoms with van der Waals surface area (Å²) in [6.45, 7) is 12.5. The Morgan fingerprint density at radius 1 is 1.30 bits per heavy atom. The van der Waals surface area contributed by atoms with Crippen LogP contribution in [0.2, 0.25) is 0 Å². The van der Waals surface area contributed by atoms with Gasteiger partial charge in [-0.2, -0.15) is 0 Å². The molecule has 4 heteroatoms. The van der Waals surface area contributed by atoms with E-state index in [1.807, 2.05) is 4.90 Å². The molecule has 4 nitrogen and oxygen atoms in total. The minimum absolute atomic E-state index is 0.157. The predicted octanol–water partition coefficient (Wildman–Crippen LogP) is 2.29. The van der Waals surface area contributed by atoms with Crippen LogP contribution < -0.4 is 5.32 Å². The number of rotatable bonds is 8. The van der Waals surface area contributed by atoms with Crippen molar-refractivity contribution in [2.45, 2.75) is 53.0 Å². The van der Waals surface area contributed by atoms with Crippen LogP contribution in [0.25, 0.3) is 0 Å². The Kier molecular flexibility index (Phi) is 8.15. The molecule has 1 amide bonds. The molecule has 1 aliphatic heterocycles. The fourth-order valence-electron chi connectivity index (χ4n) is 2.40. The third kappa shape index (κ3) is 7.25. The molecule has 118 valence electrons. The molecule has 1 unspecified atom stereocenters. The van der Waals surface area contributed by atoms with Gasteiger partial charge in [0.05, 0.1) is 0 Å². The monoisotopic (exact) mass is 284 g/mol. The van der Waals surface area contributed by atoms with E-state index in [9.17, 15) is 4.79 Å².